The molecule has 0 saturated carbocycles. The number of ether oxygens (including phenoxy) is 1. The van der Waals surface area contributed by atoms with E-state index in [2.05, 4.69) is 17.5 Å². The predicted molar refractivity (Wildman–Crippen MR) is 116 cm³/mol. The van der Waals surface area contributed by atoms with Crippen molar-refractivity contribution in [3.8, 4) is 6.07 Å². The molecule has 2 aromatic carbocycles. The topological polar surface area (TPSA) is 65.4 Å². The summed E-state index contributed by atoms with van der Waals surface area (Å²) >= 11 is 0. The lowest BCUT2D eigenvalue weighted by atomic mass is 9.89. The molecule has 1 N–H and O–H groups in total. The lowest BCUT2D eigenvalue weighted by Crippen LogP contribution is -2.44. The van der Waals surface area contributed by atoms with E-state index in [9.17, 15) is 4.79 Å². The Bertz CT molecular complexity index is 885. The fourth-order valence-corrected chi connectivity index (χ4v) is 4.73. The summed E-state index contributed by atoms with van der Waals surface area (Å²) in [5, 5.41) is 12.9. The van der Waals surface area contributed by atoms with Gasteiger partial charge in [-0.3, -0.25) is 0 Å². The SMILES string of the molecule is N#Cc1cccc(C[C@@H]2CC[C@H](C3CCN(C(=O)OCc4ccccc4)CC3)N2)c1. The van der Waals surface area contributed by atoms with Crippen molar-refractivity contribution in [1.29, 1.82) is 5.26 Å². The van der Waals surface area contributed by atoms with Gasteiger partial charge in [0.1, 0.15) is 6.61 Å². The third-order valence-corrected chi connectivity index (χ3v) is 6.39. The fraction of sp³-hybridized carbons (Fsp3) is 0.440. The second-order valence-electron chi connectivity index (χ2n) is 8.43. The van der Waals surface area contributed by atoms with Gasteiger partial charge in [0.2, 0.25) is 0 Å². The number of nitrogens with one attached hydrogen (secondary N) is 1. The van der Waals surface area contributed by atoms with Crippen LogP contribution in [0.15, 0.2) is 54.6 Å². The average molecular weight is 404 g/mol. The maximum Gasteiger partial charge on any atom is 0.410 e. The molecule has 5 nitrogen and oxygen atoms in total. The van der Waals surface area contributed by atoms with Crippen molar-refractivity contribution in [3.05, 3.63) is 71.3 Å². The average Bonchev–Trinajstić information content (AvgIpc) is 3.27. The molecule has 2 heterocycles. The lowest BCUT2D eigenvalue weighted by Gasteiger charge is -2.34. The zero-order chi connectivity index (χ0) is 20.8. The molecule has 2 atom stereocenters. The number of benzene rings is 2. The van der Waals surface area contributed by atoms with Crippen molar-refractivity contribution >= 4 is 6.09 Å². The summed E-state index contributed by atoms with van der Waals surface area (Å²) in [5.74, 6) is 0.610. The van der Waals surface area contributed by atoms with Crippen molar-refractivity contribution in [2.75, 3.05) is 13.1 Å². The maximum atomic E-state index is 12.4. The lowest BCUT2D eigenvalue weighted by molar-refractivity contribution is 0.0787. The number of carbonyl (C=O) groups is 1. The Labute approximate surface area is 178 Å². The summed E-state index contributed by atoms with van der Waals surface area (Å²) in [4.78, 5) is 14.2. The zero-order valence-corrected chi connectivity index (χ0v) is 17.3. The molecule has 2 aliphatic rings. The quantitative estimate of drug-likeness (QED) is 0.810. The van der Waals surface area contributed by atoms with Crippen molar-refractivity contribution in [1.82, 2.24) is 10.2 Å². The van der Waals surface area contributed by atoms with Gasteiger partial charge in [-0.05, 0) is 61.3 Å². The normalized spacial score (nSPS) is 21.9. The third kappa shape index (κ3) is 5.20. The molecule has 0 bridgehead atoms. The molecular formula is C25H29N3O2. The highest BCUT2D eigenvalue weighted by Gasteiger charge is 2.33. The Morgan fingerprint density at radius 2 is 1.80 bits per heavy atom. The van der Waals surface area contributed by atoms with Crippen LogP contribution in [0.25, 0.3) is 0 Å². The highest BCUT2D eigenvalue weighted by atomic mass is 16.6. The number of carbonyl (C=O) groups excluding carboxylic acids is 1. The number of likely N-dealkylation sites (tertiary alicyclic amines) is 1. The van der Waals surface area contributed by atoms with Gasteiger partial charge in [0.05, 0.1) is 11.6 Å². The van der Waals surface area contributed by atoms with E-state index < -0.39 is 0 Å². The molecule has 2 aliphatic heterocycles. The van der Waals surface area contributed by atoms with Crippen LogP contribution in [0.4, 0.5) is 4.79 Å². The molecule has 0 aliphatic carbocycles. The molecule has 0 aromatic heterocycles. The van der Waals surface area contributed by atoms with Crippen molar-refractivity contribution < 1.29 is 9.53 Å². The van der Waals surface area contributed by atoms with Gasteiger partial charge in [0, 0.05) is 25.2 Å². The first-order chi connectivity index (χ1) is 14.7. The van der Waals surface area contributed by atoms with Crippen LogP contribution in [-0.2, 0) is 17.8 Å². The molecule has 156 valence electrons. The molecule has 0 spiro atoms. The van der Waals surface area contributed by atoms with Crippen molar-refractivity contribution in [2.45, 2.75) is 50.8 Å². The van der Waals surface area contributed by atoms with E-state index in [4.69, 9.17) is 10.00 Å². The van der Waals surface area contributed by atoms with E-state index >= 15 is 0 Å². The summed E-state index contributed by atoms with van der Waals surface area (Å²) < 4.78 is 5.48. The number of hydrogen-bond acceptors (Lipinski definition) is 4. The van der Waals surface area contributed by atoms with Gasteiger partial charge in [0.25, 0.3) is 0 Å². The predicted octanol–water partition coefficient (Wildman–Crippen LogP) is 4.27. The summed E-state index contributed by atoms with van der Waals surface area (Å²) in [6.07, 6.45) is 5.17. The maximum absolute atomic E-state index is 12.4. The molecular weight excluding hydrogens is 374 g/mol. The Morgan fingerprint density at radius 3 is 2.57 bits per heavy atom. The molecule has 2 aromatic rings. The second-order valence-corrected chi connectivity index (χ2v) is 8.43. The van der Waals surface area contributed by atoms with E-state index in [1.807, 2.05) is 53.4 Å². The van der Waals surface area contributed by atoms with Gasteiger partial charge in [-0.1, -0.05) is 42.5 Å². The van der Waals surface area contributed by atoms with E-state index in [-0.39, 0.29) is 6.09 Å². The van der Waals surface area contributed by atoms with Crippen LogP contribution in [0.5, 0.6) is 0 Å². The minimum absolute atomic E-state index is 0.202. The smallest absolute Gasteiger partial charge is 0.410 e. The molecule has 1 amide bonds. The van der Waals surface area contributed by atoms with Crippen molar-refractivity contribution in [2.24, 2.45) is 5.92 Å². The summed E-state index contributed by atoms with van der Waals surface area (Å²) in [6.45, 7) is 1.87. The Kier molecular flexibility index (Phi) is 6.66. The monoisotopic (exact) mass is 403 g/mol. The number of piperidine rings is 1. The Morgan fingerprint density at radius 1 is 1.03 bits per heavy atom. The Balaban J connectivity index is 1.21. The molecule has 0 radical (unpaired) electrons. The van der Waals surface area contributed by atoms with Crippen LogP contribution in [0, 0.1) is 17.2 Å². The molecule has 5 heteroatoms. The highest BCUT2D eigenvalue weighted by molar-refractivity contribution is 5.67. The van der Waals surface area contributed by atoms with Crippen molar-refractivity contribution in [3.63, 3.8) is 0 Å². The second kappa shape index (κ2) is 9.77. The molecule has 30 heavy (non-hydrogen) atoms. The van der Waals surface area contributed by atoms with E-state index in [0.717, 1.165) is 43.5 Å². The summed E-state index contributed by atoms with van der Waals surface area (Å²) in [7, 11) is 0. The molecule has 0 unspecified atom stereocenters. The first-order valence-corrected chi connectivity index (χ1v) is 10.9. The standard InChI is InChI=1S/C25H29N3O2/c26-17-21-8-4-7-20(15-21)16-23-9-10-24(27-23)22-11-13-28(14-12-22)25(29)30-18-19-5-2-1-3-6-19/h1-8,15,22-24,27H,9-14,16,18H2/t23-,24+/m0/s1. The van der Waals surface area contributed by atoms with Crippen LogP contribution in [0.3, 0.4) is 0 Å². The minimum atomic E-state index is -0.202. The van der Waals surface area contributed by atoms with E-state index in [0.29, 0.717) is 24.6 Å². The summed E-state index contributed by atoms with van der Waals surface area (Å²) in [5.41, 5.74) is 2.97. The number of nitrogens with zero attached hydrogens (tertiary/aromatic N) is 2. The number of rotatable bonds is 5. The van der Waals surface area contributed by atoms with Gasteiger partial charge in [-0.15, -0.1) is 0 Å². The third-order valence-electron chi connectivity index (χ3n) is 6.39. The van der Waals surface area contributed by atoms with E-state index in [1.54, 1.807) is 0 Å². The van der Waals surface area contributed by atoms with Gasteiger partial charge >= 0.3 is 6.09 Å². The highest BCUT2D eigenvalue weighted by Crippen LogP contribution is 2.29. The molecule has 4 rings (SSSR count). The Hall–Kier alpha value is -2.84. The number of hydrogen-bond donors (Lipinski definition) is 1. The van der Waals surface area contributed by atoms with E-state index in [1.165, 1.54) is 18.4 Å². The number of nitriles is 1. The van der Waals surface area contributed by atoms with Crippen LogP contribution < -0.4 is 5.32 Å². The van der Waals surface area contributed by atoms with Gasteiger partial charge < -0.3 is 15.0 Å². The minimum Gasteiger partial charge on any atom is -0.445 e. The zero-order valence-electron chi connectivity index (χ0n) is 17.3. The van der Waals surface area contributed by atoms with Crippen LogP contribution in [0.2, 0.25) is 0 Å². The van der Waals surface area contributed by atoms with Crippen LogP contribution in [-0.4, -0.2) is 36.2 Å². The fourth-order valence-electron chi connectivity index (χ4n) is 4.73. The summed E-state index contributed by atoms with van der Waals surface area (Å²) in [6, 6.07) is 20.9. The van der Waals surface area contributed by atoms with Crippen LogP contribution >= 0.6 is 0 Å². The van der Waals surface area contributed by atoms with Crippen LogP contribution in [0.1, 0.15) is 42.4 Å². The largest absolute Gasteiger partial charge is 0.445 e. The number of amides is 1. The molecule has 2 saturated heterocycles. The van der Waals surface area contributed by atoms with Gasteiger partial charge in [-0.2, -0.15) is 5.26 Å². The first kappa shape index (κ1) is 20.4. The molecule has 2 fully saturated rings. The first-order valence-electron chi connectivity index (χ1n) is 10.9. The van der Waals surface area contributed by atoms with Gasteiger partial charge in [-0.25, -0.2) is 4.79 Å². The van der Waals surface area contributed by atoms with Gasteiger partial charge in [0.15, 0.2) is 0 Å².